The monoisotopic (exact) mass is 338 g/mol. The van der Waals surface area contributed by atoms with E-state index < -0.39 is 0 Å². The van der Waals surface area contributed by atoms with E-state index in [1.54, 1.807) is 0 Å². The second kappa shape index (κ2) is 8.62. The zero-order valence-electron chi connectivity index (χ0n) is 14.6. The molecular formula is C20H26N4O. The Morgan fingerprint density at radius 3 is 2.48 bits per heavy atom. The van der Waals surface area contributed by atoms with Gasteiger partial charge in [-0.05, 0) is 55.4 Å². The molecule has 1 aromatic heterocycles. The Bertz CT molecular complexity index is 693. The standard InChI is InChI=1S/C20H26N4O/c21-23-20(25)15-17-8-6-16(7-9-17)10-11-18-19(5-4-12-22-18)24-13-2-1-3-14-24/h4-9,12H,1-3,10-11,13-15,21H2,(H,23,25). The lowest BCUT2D eigenvalue weighted by Gasteiger charge is -2.30. The highest BCUT2D eigenvalue weighted by molar-refractivity contribution is 5.77. The molecule has 3 N–H and O–H groups in total. The quantitative estimate of drug-likeness (QED) is 0.482. The minimum absolute atomic E-state index is 0.174. The van der Waals surface area contributed by atoms with Gasteiger partial charge in [0.1, 0.15) is 0 Å². The van der Waals surface area contributed by atoms with Crippen molar-refractivity contribution in [2.75, 3.05) is 18.0 Å². The summed E-state index contributed by atoms with van der Waals surface area (Å²) < 4.78 is 0. The first-order valence-corrected chi connectivity index (χ1v) is 9.02. The summed E-state index contributed by atoms with van der Waals surface area (Å²) in [6.45, 7) is 2.27. The van der Waals surface area contributed by atoms with Crippen molar-refractivity contribution in [3.8, 4) is 0 Å². The molecule has 2 heterocycles. The van der Waals surface area contributed by atoms with E-state index >= 15 is 0 Å². The molecule has 1 aromatic carbocycles. The van der Waals surface area contributed by atoms with Gasteiger partial charge in [-0.1, -0.05) is 24.3 Å². The number of hydrogen-bond acceptors (Lipinski definition) is 4. The molecule has 5 heteroatoms. The Balaban J connectivity index is 1.62. The van der Waals surface area contributed by atoms with Gasteiger partial charge < -0.3 is 4.90 Å². The summed E-state index contributed by atoms with van der Waals surface area (Å²) in [5.41, 5.74) is 6.85. The van der Waals surface area contributed by atoms with Crippen LogP contribution in [0.5, 0.6) is 0 Å². The first-order valence-electron chi connectivity index (χ1n) is 9.02. The molecule has 5 nitrogen and oxygen atoms in total. The number of piperidine rings is 1. The van der Waals surface area contributed by atoms with Crippen LogP contribution < -0.4 is 16.2 Å². The number of carbonyl (C=O) groups is 1. The predicted molar refractivity (Wildman–Crippen MR) is 100 cm³/mol. The van der Waals surface area contributed by atoms with Crippen molar-refractivity contribution in [2.45, 2.75) is 38.5 Å². The highest BCUT2D eigenvalue weighted by Gasteiger charge is 2.14. The third-order valence-electron chi connectivity index (χ3n) is 4.76. The van der Waals surface area contributed by atoms with Crippen LogP contribution in [-0.2, 0) is 24.1 Å². The maximum atomic E-state index is 11.3. The van der Waals surface area contributed by atoms with Crippen LogP contribution in [0.3, 0.4) is 0 Å². The number of benzene rings is 1. The van der Waals surface area contributed by atoms with E-state index in [4.69, 9.17) is 5.84 Å². The number of hydrogen-bond donors (Lipinski definition) is 2. The van der Waals surface area contributed by atoms with E-state index in [9.17, 15) is 4.79 Å². The Morgan fingerprint density at radius 1 is 1.04 bits per heavy atom. The smallest absolute Gasteiger partial charge is 0.238 e. The predicted octanol–water partition coefficient (Wildman–Crippen LogP) is 2.39. The maximum absolute atomic E-state index is 11.3. The van der Waals surface area contributed by atoms with Gasteiger partial charge in [0.05, 0.1) is 17.8 Å². The molecule has 1 amide bonds. The minimum atomic E-state index is -0.174. The third-order valence-corrected chi connectivity index (χ3v) is 4.76. The summed E-state index contributed by atoms with van der Waals surface area (Å²) in [6, 6.07) is 12.4. The van der Waals surface area contributed by atoms with Crippen LogP contribution in [-0.4, -0.2) is 24.0 Å². The van der Waals surface area contributed by atoms with Crippen LogP contribution in [0.2, 0.25) is 0 Å². The fourth-order valence-electron chi connectivity index (χ4n) is 3.37. The maximum Gasteiger partial charge on any atom is 0.238 e. The summed E-state index contributed by atoms with van der Waals surface area (Å²) in [7, 11) is 0. The topological polar surface area (TPSA) is 71.2 Å². The van der Waals surface area contributed by atoms with E-state index in [0.29, 0.717) is 6.42 Å². The number of hydrazine groups is 1. The van der Waals surface area contributed by atoms with E-state index in [1.165, 1.54) is 36.2 Å². The molecule has 0 atom stereocenters. The largest absolute Gasteiger partial charge is 0.370 e. The Kier molecular flexibility index (Phi) is 6.01. The van der Waals surface area contributed by atoms with E-state index in [-0.39, 0.29) is 5.91 Å². The molecule has 132 valence electrons. The van der Waals surface area contributed by atoms with Gasteiger partial charge in [-0.25, -0.2) is 5.84 Å². The summed E-state index contributed by atoms with van der Waals surface area (Å²) in [5.74, 6) is 4.95. The van der Waals surface area contributed by atoms with Gasteiger partial charge in [-0.2, -0.15) is 0 Å². The van der Waals surface area contributed by atoms with Crippen LogP contribution in [0.1, 0.15) is 36.1 Å². The number of aryl methyl sites for hydroxylation is 2. The van der Waals surface area contributed by atoms with Crippen molar-refractivity contribution in [2.24, 2.45) is 5.84 Å². The highest BCUT2D eigenvalue weighted by atomic mass is 16.2. The summed E-state index contributed by atoms with van der Waals surface area (Å²) in [5, 5.41) is 0. The average Bonchev–Trinajstić information content (AvgIpc) is 2.68. The Hall–Kier alpha value is -2.40. The fourth-order valence-corrected chi connectivity index (χ4v) is 3.37. The lowest BCUT2D eigenvalue weighted by Crippen LogP contribution is -2.31. The normalized spacial score (nSPS) is 14.4. The zero-order chi connectivity index (χ0) is 17.5. The molecule has 25 heavy (non-hydrogen) atoms. The molecule has 1 aliphatic heterocycles. The lowest BCUT2D eigenvalue weighted by molar-refractivity contribution is -0.120. The molecule has 0 spiro atoms. The molecule has 1 fully saturated rings. The first-order chi connectivity index (χ1) is 12.3. The van der Waals surface area contributed by atoms with E-state index in [1.807, 2.05) is 24.4 Å². The molecule has 1 saturated heterocycles. The average molecular weight is 338 g/mol. The molecule has 2 aromatic rings. The van der Waals surface area contributed by atoms with Crippen molar-refractivity contribution in [1.82, 2.24) is 10.4 Å². The Labute approximate surface area is 149 Å². The summed E-state index contributed by atoms with van der Waals surface area (Å²) >= 11 is 0. The second-order valence-electron chi connectivity index (χ2n) is 6.58. The molecule has 0 radical (unpaired) electrons. The molecule has 0 unspecified atom stereocenters. The SMILES string of the molecule is NNC(=O)Cc1ccc(CCc2ncccc2N2CCCCC2)cc1. The van der Waals surface area contributed by atoms with Crippen LogP contribution in [0, 0.1) is 0 Å². The van der Waals surface area contributed by atoms with E-state index in [2.05, 4.69) is 33.5 Å². The van der Waals surface area contributed by atoms with Crippen molar-refractivity contribution >= 4 is 11.6 Å². The number of nitrogens with two attached hydrogens (primary N) is 1. The third kappa shape index (κ3) is 4.79. The summed E-state index contributed by atoms with van der Waals surface area (Å²) in [6.07, 6.45) is 7.95. The highest BCUT2D eigenvalue weighted by Crippen LogP contribution is 2.23. The molecule has 0 aliphatic carbocycles. The lowest BCUT2D eigenvalue weighted by atomic mass is 10.0. The van der Waals surface area contributed by atoms with Crippen molar-refractivity contribution in [3.05, 3.63) is 59.4 Å². The Morgan fingerprint density at radius 2 is 1.76 bits per heavy atom. The molecule has 1 aliphatic rings. The van der Waals surface area contributed by atoms with Crippen molar-refractivity contribution in [1.29, 1.82) is 0 Å². The number of nitrogens with one attached hydrogen (secondary N) is 1. The van der Waals surface area contributed by atoms with Crippen LogP contribution >= 0.6 is 0 Å². The van der Waals surface area contributed by atoms with Gasteiger partial charge in [0, 0.05) is 19.3 Å². The minimum Gasteiger partial charge on any atom is -0.370 e. The van der Waals surface area contributed by atoms with Gasteiger partial charge in [0.25, 0.3) is 0 Å². The first kappa shape index (κ1) is 17.4. The van der Waals surface area contributed by atoms with Crippen molar-refractivity contribution < 1.29 is 4.79 Å². The van der Waals surface area contributed by atoms with Crippen LogP contribution in [0.25, 0.3) is 0 Å². The van der Waals surface area contributed by atoms with Gasteiger partial charge in [0.2, 0.25) is 5.91 Å². The molecule has 0 bridgehead atoms. The molecular weight excluding hydrogens is 312 g/mol. The molecule has 0 saturated carbocycles. The number of carbonyl (C=O) groups excluding carboxylic acids is 1. The zero-order valence-corrected chi connectivity index (χ0v) is 14.6. The van der Waals surface area contributed by atoms with Gasteiger partial charge in [0.15, 0.2) is 0 Å². The summed E-state index contributed by atoms with van der Waals surface area (Å²) in [4.78, 5) is 18.4. The second-order valence-corrected chi connectivity index (χ2v) is 6.58. The number of pyridine rings is 1. The molecule has 3 rings (SSSR count). The number of nitrogens with zero attached hydrogens (tertiary/aromatic N) is 2. The number of rotatable bonds is 6. The van der Waals surface area contributed by atoms with Crippen LogP contribution in [0.4, 0.5) is 5.69 Å². The van der Waals surface area contributed by atoms with Crippen molar-refractivity contribution in [3.63, 3.8) is 0 Å². The number of anilines is 1. The van der Waals surface area contributed by atoms with E-state index in [0.717, 1.165) is 31.5 Å². The van der Waals surface area contributed by atoms with Crippen LogP contribution in [0.15, 0.2) is 42.6 Å². The fraction of sp³-hybridized carbons (Fsp3) is 0.400. The van der Waals surface area contributed by atoms with Gasteiger partial charge in [-0.3, -0.25) is 15.2 Å². The number of amides is 1. The number of aromatic nitrogens is 1. The van der Waals surface area contributed by atoms with Gasteiger partial charge >= 0.3 is 0 Å². The van der Waals surface area contributed by atoms with Gasteiger partial charge in [-0.15, -0.1) is 0 Å².